The van der Waals surface area contributed by atoms with Gasteiger partial charge in [0, 0.05) is 26.2 Å². The molecule has 8 nitrogen and oxygen atoms in total. The summed E-state index contributed by atoms with van der Waals surface area (Å²) in [4.78, 5) is 12.1. The Morgan fingerprint density at radius 2 is 1.86 bits per heavy atom. The Balaban J connectivity index is 2.48. The van der Waals surface area contributed by atoms with Gasteiger partial charge in [0.05, 0.1) is 18.6 Å². The molecule has 1 atom stereocenters. The van der Waals surface area contributed by atoms with Crippen LogP contribution in [-0.2, 0) is 19.6 Å². The van der Waals surface area contributed by atoms with Crippen LogP contribution in [0.1, 0.15) is 31.4 Å². The standard InChI is InChI=1S/C20H35N3O5S/c1-7-21-17(4)8-9-22-19(24)14-28-11-10-23(5)29(25,26)20-15(2)12-18(27-6)13-16(20)3/h12-13,17,21H,7-11,14H2,1-6H3,(H,22,24). The molecular weight excluding hydrogens is 394 g/mol. The summed E-state index contributed by atoms with van der Waals surface area (Å²) < 4.78 is 37.6. The fourth-order valence-corrected chi connectivity index (χ4v) is 4.56. The van der Waals surface area contributed by atoms with Crippen LogP contribution in [0.25, 0.3) is 0 Å². The lowest BCUT2D eigenvalue weighted by Gasteiger charge is -2.20. The molecule has 0 aliphatic rings. The first kappa shape index (κ1) is 25.4. The number of likely N-dealkylation sites (N-methyl/N-ethyl adjacent to an activating group) is 1. The maximum Gasteiger partial charge on any atom is 0.245 e. The molecule has 1 unspecified atom stereocenters. The molecule has 0 aliphatic carbocycles. The van der Waals surface area contributed by atoms with Crippen molar-refractivity contribution in [2.24, 2.45) is 0 Å². The predicted molar refractivity (Wildman–Crippen MR) is 114 cm³/mol. The fraction of sp³-hybridized carbons (Fsp3) is 0.650. The molecule has 0 spiro atoms. The SMILES string of the molecule is CCNC(C)CCNC(=O)COCCN(C)S(=O)(=O)c1c(C)cc(OC)cc1C. The molecular formula is C20H35N3O5S. The number of rotatable bonds is 13. The van der Waals surface area contributed by atoms with Gasteiger partial charge in [0.1, 0.15) is 12.4 Å². The van der Waals surface area contributed by atoms with E-state index in [2.05, 4.69) is 17.6 Å². The number of hydrogen-bond acceptors (Lipinski definition) is 6. The van der Waals surface area contributed by atoms with Crippen LogP contribution < -0.4 is 15.4 Å². The molecule has 1 rings (SSSR count). The van der Waals surface area contributed by atoms with E-state index in [-0.39, 0.29) is 30.6 Å². The number of ether oxygens (including phenoxy) is 2. The number of carbonyl (C=O) groups excluding carboxylic acids is 1. The van der Waals surface area contributed by atoms with Crippen molar-refractivity contribution in [3.8, 4) is 5.75 Å². The van der Waals surface area contributed by atoms with Gasteiger partial charge in [-0.1, -0.05) is 6.92 Å². The monoisotopic (exact) mass is 429 g/mol. The third-order valence-corrected chi connectivity index (χ3v) is 6.74. The maximum atomic E-state index is 12.9. The number of nitrogens with one attached hydrogen (secondary N) is 2. The van der Waals surface area contributed by atoms with Crippen LogP contribution in [0.3, 0.4) is 0 Å². The number of nitrogens with zero attached hydrogens (tertiary/aromatic N) is 1. The number of benzene rings is 1. The summed E-state index contributed by atoms with van der Waals surface area (Å²) in [6.07, 6.45) is 0.834. The Hall–Kier alpha value is -1.68. The van der Waals surface area contributed by atoms with Gasteiger partial charge in [-0.25, -0.2) is 8.42 Å². The average Bonchev–Trinajstić information content (AvgIpc) is 2.64. The first-order chi connectivity index (χ1) is 13.6. The summed E-state index contributed by atoms with van der Waals surface area (Å²) in [6.45, 7) is 9.24. The summed E-state index contributed by atoms with van der Waals surface area (Å²) in [5.74, 6) is 0.414. The second-order valence-corrected chi connectivity index (χ2v) is 9.05. The summed E-state index contributed by atoms with van der Waals surface area (Å²) in [6, 6.07) is 3.74. The molecule has 166 valence electrons. The normalized spacial score (nSPS) is 12.8. The van der Waals surface area contributed by atoms with Crippen molar-refractivity contribution < 1.29 is 22.7 Å². The summed E-state index contributed by atoms with van der Waals surface area (Å²) in [5, 5.41) is 6.07. The number of sulfonamides is 1. The molecule has 0 radical (unpaired) electrons. The van der Waals surface area contributed by atoms with Gasteiger partial charge >= 0.3 is 0 Å². The Morgan fingerprint density at radius 3 is 2.41 bits per heavy atom. The smallest absolute Gasteiger partial charge is 0.245 e. The second-order valence-electron chi connectivity index (χ2n) is 7.07. The molecule has 0 saturated heterocycles. The van der Waals surface area contributed by atoms with Gasteiger partial charge in [-0.3, -0.25) is 4.79 Å². The van der Waals surface area contributed by atoms with Crippen molar-refractivity contribution in [3.63, 3.8) is 0 Å². The molecule has 29 heavy (non-hydrogen) atoms. The first-order valence-electron chi connectivity index (χ1n) is 9.82. The average molecular weight is 430 g/mol. The lowest BCUT2D eigenvalue weighted by Crippen LogP contribution is -2.35. The van der Waals surface area contributed by atoms with Crippen LogP contribution in [0.4, 0.5) is 0 Å². The molecule has 0 aliphatic heterocycles. The van der Waals surface area contributed by atoms with Gasteiger partial charge in [-0.15, -0.1) is 0 Å². The van der Waals surface area contributed by atoms with E-state index in [1.165, 1.54) is 11.4 Å². The van der Waals surface area contributed by atoms with Gasteiger partial charge < -0.3 is 20.1 Å². The second kappa shape index (κ2) is 12.1. The van der Waals surface area contributed by atoms with Crippen LogP contribution in [-0.4, -0.2) is 71.7 Å². The van der Waals surface area contributed by atoms with Crippen LogP contribution >= 0.6 is 0 Å². The fourth-order valence-electron chi connectivity index (χ4n) is 3.00. The van der Waals surface area contributed by atoms with Gasteiger partial charge in [0.2, 0.25) is 15.9 Å². The minimum atomic E-state index is -3.66. The number of amides is 1. The van der Waals surface area contributed by atoms with E-state index in [1.807, 2.05) is 6.92 Å². The number of methoxy groups -OCH3 is 1. The van der Waals surface area contributed by atoms with Crippen LogP contribution in [0.15, 0.2) is 17.0 Å². The van der Waals surface area contributed by atoms with E-state index in [9.17, 15) is 13.2 Å². The molecule has 0 saturated carbocycles. The van der Waals surface area contributed by atoms with Crippen molar-refractivity contribution >= 4 is 15.9 Å². The van der Waals surface area contributed by atoms with Crippen molar-refractivity contribution in [3.05, 3.63) is 23.3 Å². The molecule has 1 aromatic carbocycles. The topological polar surface area (TPSA) is 97.0 Å². The highest BCUT2D eigenvalue weighted by Crippen LogP contribution is 2.27. The molecule has 0 bridgehead atoms. The highest BCUT2D eigenvalue weighted by molar-refractivity contribution is 7.89. The quantitative estimate of drug-likeness (QED) is 0.461. The lowest BCUT2D eigenvalue weighted by atomic mass is 10.1. The van der Waals surface area contributed by atoms with Crippen LogP contribution in [0.5, 0.6) is 5.75 Å². The zero-order valence-corrected chi connectivity index (χ0v) is 19.2. The Bertz CT molecular complexity index is 744. The molecule has 1 aromatic rings. The highest BCUT2D eigenvalue weighted by atomic mass is 32.2. The van der Waals surface area contributed by atoms with Gasteiger partial charge in [0.15, 0.2) is 0 Å². The van der Waals surface area contributed by atoms with Gasteiger partial charge in [-0.05, 0) is 57.0 Å². The Morgan fingerprint density at radius 1 is 1.24 bits per heavy atom. The van der Waals surface area contributed by atoms with Crippen molar-refractivity contribution in [1.82, 2.24) is 14.9 Å². The maximum absolute atomic E-state index is 12.9. The van der Waals surface area contributed by atoms with E-state index >= 15 is 0 Å². The number of aryl methyl sites for hydroxylation is 2. The summed E-state index contributed by atoms with van der Waals surface area (Å²) >= 11 is 0. The molecule has 1 amide bonds. The van der Waals surface area contributed by atoms with E-state index < -0.39 is 10.0 Å². The lowest BCUT2D eigenvalue weighted by molar-refractivity contribution is -0.125. The summed E-state index contributed by atoms with van der Waals surface area (Å²) in [7, 11) is -0.615. The largest absolute Gasteiger partial charge is 0.497 e. The molecule has 0 heterocycles. The van der Waals surface area contributed by atoms with Crippen LogP contribution in [0, 0.1) is 13.8 Å². The summed E-state index contributed by atoms with van der Waals surface area (Å²) in [5.41, 5.74) is 1.25. The predicted octanol–water partition coefficient (Wildman–Crippen LogP) is 1.45. The Kier molecular flexibility index (Phi) is 10.6. The molecule has 0 aromatic heterocycles. The minimum absolute atomic E-state index is 0.0932. The van der Waals surface area contributed by atoms with Crippen LogP contribution in [0.2, 0.25) is 0 Å². The third-order valence-electron chi connectivity index (χ3n) is 4.57. The minimum Gasteiger partial charge on any atom is -0.497 e. The third kappa shape index (κ3) is 7.93. The van der Waals surface area contributed by atoms with E-state index in [0.29, 0.717) is 29.5 Å². The van der Waals surface area contributed by atoms with E-state index in [1.54, 1.807) is 33.1 Å². The zero-order valence-electron chi connectivity index (χ0n) is 18.4. The molecule has 2 N–H and O–H groups in total. The first-order valence-corrected chi connectivity index (χ1v) is 11.3. The van der Waals surface area contributed by atoms with Crippen molar-refractivity contribution in [2.45, 2.75) is 45.1 Å². The molecule has 0 fully saturated rings. The van der Waals surface area contributed by atoms with Gasteiger partial charge in [-0.2, -0.15) is 4.31 Å². The van der Waals surface area contributed by atoms with E-state index in [0.717, 1.165) is 13.0 Å². The van der Waals surface area contributed by atoms with Crippen molar-refractivity contribution in [1.29, 1.82) is 0 Å². The number of hydrogen-bond donors (Lipinski definition) is 2. The van der Waals surface area contributed by atoms with E-state index in [4.69, 9.17) is 9.47 Å². The number of carbonyl (C=O) groups is 1. The molecule has 9 heteroatoms. The van der Waals surface area contributed by atoms with Crippen molar-refractivity contribution in [2.75, 3.05) is 47.0 Å². The Labute approximate surface area is 175 Å². The zero-order chi connectivity index (χ0) is 22.0. The van der Waals surface area contributed by atoms with Gasteiger partial charge in [0.25, 0.3) is 0 Å². The highest BCUT2D eigenvalue weighted by Gasteiger charge is 2.25.